The lowest BCUT2D eigenvalue weighted by Gasteiger charge is -2.05. The SMILES string of the molecule is NCc1cc(-c2cc(CO)c(=O)[nH]n2)ccc1F. The highest BCUT2D eigenvalue weighted by atomic mass is 19.1. The Morgan fingerprint density at radius 2 is 2.11 bits per heavy atom. The molecule has 0 saturated carbocycles. The van der Waals surface area contributed by atoms with Gasteiger partial charge in [-0.25, -0.2) is 9.49 Å². The Morgan fingerprint density at radius 1 is 1.33 bits per heavy atom. The molecule has 2 rings (SSSR count). The highest BCUT2D eigenvalue weighted by molar-refractivity contribution is 5.60. The largest absolute Gasteiger partial charge is 0.391 e. The third-order valence-electron chi connectivity index (χ3n) is 2.61. The van der Waals surface area contributed by atoms with Crippen molar-refractivity contribution in [1.29, 1.82) is 0 Å². The number of aromatic amines is 1. The molecular weight excluding hydrogens is 237 g/mol. The molecule has 94 valence electrons. The smallest absolute Gasteiger partial charge is 0.269 e. The molecule has 6 heteroatoms. The number of benzene rings is 1. The number of nitrogens with one attached hydrogen (secondary N) is 1. The van der Waals surface area contributed by atoms with E-state index in [4.69, 9.17) is 10.8 Å². The van der Waals surface area contributed by atoms with Crippen LogP contribution in [0, 0.1) is 5.82 Å². The molecule has 1 aromatic heterocycles. The Balaban J connectivity index is 2.51. The van der Waals surface area contributed by atoms with Crippen molar-refractivity contribution in [2.45, 2.75) is 13.2 Å². The summed E-state index contributed by atoms with van der Waals surface area (Å²) in [5, 5.41) is 15.1. The van der Waals surface area contributed by atoms with Crippen molar-refractivity contribution < 1.29 is 9.50 Å². The standard InChI is InChI=1S/C12H12FN3O2/c13-10-2-1-7(3-8(10)5-14)11-4-9(6-17)12(18)16-15-11/h1-4,17H,5-6,14H2,(H,16,18). The minimum atomic E-state index is -0.442. The van der Waals surface area contributed by atoms with E-state index in [0.29, 0.717) is 16.8 Å². The van der Waals surface area contributed by atoms with Crippen LogP contribution in [0.25, 0.3) is 11.3 Å². The molecular formula is C12H12FN3O2. The summed E-state index contributed by atoms with van der Waals surface area (Å²) >= 11 is 0. The van der Waals surface area contributed by atoms with Crippen molar-refractivity contribution in [3.05, 3.63) is 51.6 Å². The van der Waals surface area contributed by atoms with Gasteiger partial charge in [0, 0.05) is 23.2 Å². The molecule has 2 aromatic rings. The molecule has 0 spiro atoms. The number of hydrogen-bond acceptors (Lipinski definition) is 4. The zero-order chi connectivity index (χ0) is 13.1. The van der Waals surface area contributed by atoms with Crippen LogP contribution >= 0.6 is 0 Å². The van der Waals surface area contributed by atoms with Crippen LogP contribution in [0.3, 0.4) is 0 Å². The lowest BCUT2D eigenvalue weighted by Crippen LogP contribution is -2.14. The van der Waals surface area contributed by atoms with E-state index in [1.807, 2.05) is 0 Å². The summed E-state index contributed by atoms with van der Waals surface area (Å²) in [7, 11) is 0. The maximum atomic E-state index is 13.3. The second-order valence-electron chi connectivity index (χ2n) is 3.78. The average molecular weight is 249 g/mol. The van der Waals surface area contributed by atoms with Crippen LogP contribution in [-0.4, -0.2) is 15.3 Å². The van der Waals surface area contributed by atoms with Gasteiger partial charge in [0.2, 0.25) is 0 Å². The minimum absolute atomic E-state index is 0.0792. The van der Waals surface area contributed by atoms with Crippen LogP contribution in [0.15, 0.2) is 29.1 Å². The number of nitrogens with zero attached hydrogens (tertiary/aromatic N) is 1. The lowest BCUT2D eigenvalue weighted by atomic mass is 10.1. The molecule has 0 aliphatic rings. The van der Waals surface area contributed by atoms with E-state index in [1.54, 1.807) is 6.07 Å². The molecule has 1 aromatic carbocycles. The molecule has 0 amide bonds. The highest BCUT2D eigenvalue weighted by Gasteiger charge is 2.07. The van der Waals surface area contributed by atoms with Crippen molar-refractivity contribution in [2.75, 3.05) is 0 Å². The zero-order valence-corrected chi connectivity index (χ0v) is 9.48. The first-order valence-corrected chi connectivity index (χ1v) is 5.34. The van der Waals surface area contributed by atoms with Crippen LogP contribution in [0.2, 0.25) is 0 Å². The minimum Gasteiger partial charge on any atom is -0.391 e. The van der Waals surface area contributed by atoms with Gasteiger partial charge < -0.3 is 10.8 Å². The fourth-order valence-corrected chi connectivity index (χ4v) is 1.60. The maximum absolute atomic E-state index is 13.3. The van der Waals surface area contributed by atoms with Gasteiger partial charge in [-0.05, 0) is 24.3 Å². The molecule has 0 atom stereocenters. The molecule has 0 radical (unpaired) electrons. The third-order valence-corrected chi connectivity index (χ3v) is 2.61. The van der Waals surface area contributed by atoms with Gasteiger partial charge in [0.25, 0.3) is 5.56 Å². The van der Waals surface area contributed by atoms with Crippen LogP contribution in [0.4, 0.5) is 4.39 Å². The van der Waals surface area contributed by atoms with Gasteiger partial charge in [-0.1, -0.05) is 0 Å². The van der Waals surface area contributed by atoms with Gasteiger partial charge in [0.1, 0.15) is 5.82 Å². The van der Waals surface area contributed by atoms with E-state index < -0.39 is 5.56 Å². The number of halogens is 1. The van der Waals surface area contributed by atoms with Gasteiger partial charge in [0.05, 0.1) is 12.3 Å². The summed E-state index contributed by atoms with van der Waals surface area (Å²) in [6.07, 6.45) is 0. The Kier molecular flexibility index (Phi) is 3.50. The Morgan fingerprint density at radius 3 is 2.78 bits per heavy atom. The number of H-pyrrole nitrogens is 1. The van der Waals surface area contributed by atoms with E-state index in [-0.39, 0.29) is 24.5 Å². The molecule has 0 aliphatic carbocycles. The number of aromatic nitrogens is 2. The number of hydrogen-bond donors (Lipinski definition) is 3. The van der Waals surface area contributed by atoms with E-state index in [9.17, 15) is 9.18 Å². The number of aliphatic hydroxyl groups excluding tert-OH is 1. The van der Waals surface area contributed by atoms with Gasteiger partial charge in [0.15, 0.2) is 0 Å². The summed E-state index contributed by atoms with van der Waals surface area (Å²) in [6.45, 7) is -0.300. The van der Waals surface area contributed by atoms with Crippen molar-refractivity contribution in [2.24, 2.45) is 5.73 Å². The molecule has 0 unspecified atom stereocenters. The number of rotatable bonds is 3. The Labute approximate surface area is 102 Å². The summed E-state index contributed by atoms with van der Waals surface area (Å²) < 4.78 is 13.3. The van der Waals surface area contributed by atoms with E-state index >= 15 is 0 Å². The van der Waals surface area contributed by atoms with E-state index in [0.717, 1.165) is 0 Å². The van der Waals surface area contributed by atoms with Crippen LogP contribution in [0.5, 0.6) is 0 Å². The highest BCUT2D eigenvalue weighted by Crippen LogP contribution is 2.19. The quantitative estimate of drug-likeness (QED) is 0.739. The van der Waals surface area contributed by atoms with Gasteiger partial charge in [-0.2, -0.15) is 5.10 Å². The predicted octanol–water partition coefficient (Wildman–Crippen LogP) is 0.527. The molecule has 4 N–H and O–H groups in total. The number of nitrogens with two attached hydrogens (primary N) is 1. The molecule has 18 heavy (non-hydrogen) atoms. The van der Waals surface area contributed by atoms with Crippen molar-refractivity contribution in [1.82, 2.24) is 10.2 Å². The lowest BCUT2D eigenvalue weighted by molar-refractivity contribution is 0.280. The molecule has 0 bridgehead atoms. The monoisotopic (exact) mass is 249 g/mol. The first kappa shape index (κ1) is 12.4. The first-order chi connectivity index (χ1) is 8.65. The third kappa shape index (κ3) is 2.29. The fraction of sp³-hybridized carbons (Fsp3) is 0.167. The van der Waals surface area contributed by atoms with Crippen LogP contribution < -0.4 is 11.3 Å². The molecule has 0 aliphatic heterocycles. The first-order valence-electron chi connectivity index (χ1n) is 5.34. The second kappa shape index (κ2) is 5.07. The maximum Gasteiger partial charge on any atom is 0.269 e. The van der Waals surface area contributed by atoms with E-state index in [2.05, 4.69) is 10.2 Å². The van der Waals surface area contributed by atoms with E-state index in [1.165, 1.54) is 18.2 Å². The van der Waals surface area contributed by atoms with Crippen LogP contribution in [0.1, 0.15) is 11.1 Å². The molecule has 0 saturated heterocycles. The predicted molar refractivity (Wildman–Crippen MR) is 64.1 cm³/mol. The Bertz CT molecular complexity index is 625. The van der Waals surface area contributed by atoms with Crippen molar-refractivity contribution in [3.63, 3.8) is 0 Å². The fourth-order valence-electron chi connectivity index (χ4n) is 1.60. The van der Waals surface area contributed by atoms with Gasteiger partial charge >= 0.3 is 0 Å². The summed E-state index contributed by atoms with van der Waals surface area (Å²) in [4.78, 5) is 11.3. The van der Waals surface area contributed by atoms with Crippen molar-refractivity contribution >= 4 is 0 Å². The summed E-state index contributed by atoms with van der Waals surface area (Å²) in [5.74, 6) is -0.381. The molecule has 1 heterocycles. The summed E-state index contributed by atoms with van der Waals surface area (Å²) in [6, 6.07) is 5.86. The van der Waals surface area contributed by atoms with Gasteiger partial charge in [-0.3, -0.25) is 4.79 Å². The molecule has 5 nitrogen and oxygen atoms in total. The van der Waals surface area contributed by atoms with Crippen molar-refractivity contribution in [3.8, 4) is 11.3 Å². The van der Waals surface area contributed by atoms with Gasteiger partial charge in [-0.15, -0.1) is 0 Å². The van der Waals surface area contributed by atoms with Crippen LogP contribution in [-0.2, 0) is 13.2 Å². The normalized spacial score (nSPS) is 10.6. The number of aliphatic hydroxyl groups is 1. The summed E-state index contributed by atoms with van der Waals surface area (Å²) in [5.41, 5.74) is 6.63. The topological polar surface area (TPSA) is 92.0 Å². The second-order valence-corrected chi connectivity index (χ2v) is 3.78. The zero-order valence-electron chi connectivity index (χ0n) is 9.48. The molecule has 0 fully saturated rings. The average Bonchev–Trinajstić information content (AvgIpc) is 2.40. The Hall–Kier alpha value is -2.05.